The van der Waals surface area contributed by atoms with Crippen molar-refractivity contribution in [3.05, 3.63) is 64.1 Å². The molecule has 2 aromatic carbocycles. The third-order valence-electron chi connectivity index (χ3n) is 3.81. The molecule has 140 valence electrons. The van der Waals surface area contributed by atoms with Gasteiger partial charge in [0.15, 0.2) is 0 Å². The van der Waals surface area contributed by atoms with Gasteiger partial charge in [-0.25, -0.2) is 13.6 Å². The number of rotatable bonds is 8. The summed E-state index contributed by atoms with van der Waals surface area (Å²) in [6.07, 6.45) is 0.779. The fourth-order valence-corrected chi connectivity index (χ4v) is 3.44. The normalized spacial score (nSPS) is 11.5. The monoisotopic (exact) mass is 439 g/mol. The van der Waals surface area contributed by atoms with Gasteiger partial charge in [-0.15, -0.1) is 0 Å². The van der Waals surface area contributed by atoms with Gasteiger partial charge in [0.1, 0.15) is 0 Å². The van der Waals surface area contributed by atoms with Crippen molar-refractivity contribution in [3.8, 4) is 0 Å². The van der Waals surface area contributed by atoms with Gasteiger partial charge >= 0.3 is 0 Å². The maximum Gasteiger partial charge on any atom is 0.252 e. The second-order valence-electron chi connectivity index (χ2n) is 6.02. The Morgan fingerprint density at radius 3 is 2.54 bits per heavy atom. The minimum Gasteiger partial charge on any atom is -0.352 e. The van der Waals surface area contributed by atoms with Crippen LogP contribution in [0.4, 0.5) is 0 Å². The van der Waals surface area contributed by atoms with Gasteiger partial charge < -0.3 is 10.2 Å². The first-order valence-corrected chi connectivity index (χ1v) is 10.4. The van der Waals surface area contributed by atoms with E-state index in [1.165, 1.54) is 23.8 Å². The van der Waals surface area contributed by atoms with E-state index in [9.17, 15) is 13.2 Å². The molecule has 2 rings (SSSR count). The molecule has 3 N–H and O–H groups in total. The Morgan fingerprint density at radius 2 is 1.88 bits per heavy atom. The number of sulfonamides is 1. The third kappa shape index (κ3) is 6.21. The molecule has 0 saturated heterocycles. The fraction of sp³-hybridized carbons (Fsp3) is 0.278. The smallest absolute Gasteiger partial charge is 0.252 e. The molecule has 0 aromatic heterocycles. The largest absolute Gasteiger partial charge is 0.352 e. The summed E-state index contributed by atoms with van der Waals surface area (Å²) in [4.78, 5) is 14.4. The van der Waals surface area contributed by atoms with Crippen molar-refractivity contribution in [2.24, 2.45) is 5.14 Å². The van der Waals surface area contributed by atoms with Gasteiger partial charge in [0, 0.05) is 17.6 Å². The van der Waals surface area contributed by atoms with E-state index >= 15 is 0 Å². The highest BCUT2D eigenvalue weighted by Gasteiger charge is 2.15. The van der Waals surface area contributed by atoms with Gasteiger partial charge in [-0.3, -0.25) is 4.79 Å². The lowest BCUT2D eigenvalue weighted by Gasteiger charge is -2.17. The molecule has 0 bridgehead atoms. The average molecular weight is 440 g/mol. The zero-order chi connectivity index (χ0) is 19.2. The lowest BCUT2D eigenvalue weighted by atomic mass is 10.2. The maximum atomic E-state index is 12.3. The van der Waals surface area contributed by atoms with E-state index < -0.39 is 10.0 Å². The molecular weight excluding hydrogens is 418 g/mol. The zero-order valence-corrected chi connectivity index (χ0v) is 16.9. The molecular formula is C18H22BrN3O3S. The van der Waals surface area contributed by atoms with Gasteiger partial charge in [0.25, 0.3) is 5.91 Å². The maximum absolute atomic E-state index is 12.3. The van der Waals surface area contributed by atoms with Crippen molar-refractivity contribution in [3.63, 3.8) is 0 Å². The number of carbonyl (C=O) groups excluding carboxylic acids is 1. The van der Waals surface area contributed by atoms with Crippen molar-refractivity contribution in [1.82, 2.24) is 10.2 Å². The molecule has 0 radical (unpaired) electrons. The molecule has 1 amide bonds. The fourth-order valence-electron chi connectivity index (χ4n) is 2.48. The third-order valence-corrected chi connectivity index (χ3v) is 5.41. The molecule has 26 heavy (non-hydrogen) atoms. The molecule has 0 fully saturated rings. The molecule has 0 spiro atoms. The summed E-state index contributed by atoms with van der Waals surface area (Å²) in [5, 5.41) is 7.92. The standard InChI is InChI=1S/C18H22BrN3O3S/c1-22(13-14-6-3-2-4-7-14)11-5-10-21-18(23)16-12-15(26(20,24)25)8-9-17(16)19/h2-4,6-9,12H,5,10-11,13H2,1H3,(H,21,23)(H2,20,24,25). The number of carbonyl (C=O) groups is 1. The Bertz CT molecular complexity index is 857. The van der Waals surface area contributed by atoms with Crippen molar-refractivity contribution < 1.29 is 13.2 Å². The van der Waals surface area contributed by atoms with E-state index in [1.54, 1.807) is 0 Å². The molecule has 0 saturated carbocycles. The van der Waals surface area contributed by atoms with Crippen molar-refractivity contribution in [1.29, 1.82) is 0 Å². The summed E-state index contributed by atoms with van der Waals surface area (Å²) in [6, 6.07) is 14.3. The van der Waals surface area contributed by atoms with E-state index in [0.717, 1.165) is 19.5 Å². The number of halogens is 1. The Balaban J connectivity index is 1.83. The second-order valence-corrected chi connectivity index (χ2v) is 8.44. The number of benzene rings is 2. The first kappa shape index (κ1) is 20.6. The summed E-state index contributed by atoms with van der Waals surface area (Å²) in [7, 11) is -1.82. The average Bonchev–Trinajstić information content (AvgIpc) is 2.58. The highest BCUT2D eigenvalue weighted by atomic mass is 79.9. The second kappa shape index (κ2) is 9.27. The molecule has 2 aromatic rings. The van der Waals surface area contributed by atoms with Crippen LogP contribution < -0.4 is 10.5 Å². The van der Waals surface area contributed by atoms with Crippen LogP contribution in [0.25, 0.3) is 0 Å². The Labute approximate surface area is 162 Å². The van der Waals surface area contributed by atoms with E-state index in [2.05, 4.69) is 38.3 Å². The van der Waals surface area contributed by atoms with Crippen molar-refractivity contribution in [2.45, 2.75) is 17.9 Å². The number of nitrogens with one attached hydrogen (secondary N) is 1. The van der Waals surface area contributed by atoms with Gasteiger partial charge in [0.2, 0.25) is 10.0 Å². The molecule has 8 heteroatoms. The van der Waals surface area contributed by atoms with Gasteiger partial charge in [0.05, 0.1) is 10.5 Å². The van der Waals surface area contributed by atoms with E-state index in [4.69, 9.17) is 5.14 Å². The minimum atomic E-state index is -3.85. The molecule has 0 atom stereocenters. The lowest BCUT2D eigenvalue weighted by molar-refractivity contribution is 0.0951. The van der Waals surface area contributed by atoms with Crippen LogP contribution in [-0.2, 0) is 16.6 Å². The number of amides is 1. The van der Waals surface area contributed by atoms with Crippen molar-refractivity contribution >= 4 is 31.9 Å². The topological polar surface area (TPSA) is 92.5 Å². The Morgan fingerprint density at radius 1 is 1.19 bits per heavy atom. The molecule has 0 aliphatic carbocycles. The highest BCUT2D eigenvalue weighted by Crippen LogP contribution is 2.20. The van der Waals surface area contributed by atoms with Gasteiger partial charge in [-0.2, -0.15) is 0 Å². The van der Waals surface area contributed by atoms with Crippen LogP contribution >= 0.6 is 15.9 Å². The molecule has 6 nitrogen and oxygen atoms in total. The molecule has 0 heterocycles. The number of primary sulfonamides is 1. The van der Waals surface area contributed by atoms with Crippen LogP contribution in [0.5, 0.6) is 0 Å². The van der Waals surface area contributed by atoms with Gasteiger partial charge in [-0.05, 0) is 59.7 Å². The number of nitrogens with two attached hydrogens (primary N) is 1. The summed E-state index contributed by atoms with van der Waals surface area (Å²) in [5.74, 6) is -0.340. The summed E-state index contributed by atoms with van der Waals surface area (Å²) in [5.41, 5.74) is 1.48. The summed E-state index contributed by atoms with van der Waals surface area (Å²) in [6.45, 7) is 2.16. The van der Waals surface area contributed by atoms with Crippen LogP contribution in [-0.4, -0.2) is 39.4 Å². The predicted molar refractivity (Wildman–Crippen MR) is 105 cm³/mol. The highest BCUT2D eigenvalue weighted by molar-refractivity contribution is 9.10. The van der Waals surface area contributed by atoms with E-state index in [0.29, 0.717) is 11.0 Å². The van der Waals surface area contributed by atoms with Gasteiger partial charge in [-0.1, -0.05) is 30.3 Å². The number of hydrogen-bond donors (Lipinski definition) is 2. The minimum absolute atomic E-state index is 0.0894. The first-order chi connectivity index (χ1) is 12.3. The molecule has 0 aliphatic rings. The quantitative estimate of drug-likeness (QED) is 0.617. The zero-order valence-electron chi connectivity index (χ0n) is 14.5. The SMILES string of the molecule is CN(CCCNC(=O)c1cc(S(N)(=O)=O)ccc1Br)Cc1ccccc1. The summed E-state index contributed by atoms with van der Waals surface area (Å²) >= 11 is 3.26. The van der Waals surface area contributed by atoms with Crippen LogP contribution in [0.1, 0.15) is 22.3 Å². The number of nitrogens with zero attached hydrogens (tertiary/aromatic N) is 1. The van der Waals surface area contributed by atoms with Crippen LogP contribution in [0, 0.1) is 0 Å². The Kier molecular flexibility index (Phi) is 7.33. The molecule has 0 unspecified atom stereocenters. The van der Waals surface area contributed by atoms with Crippen molar-refractivity contribution in [2.75, 3.05) is 20.1 Å². The first-order valence-electron chi connectivity index (χ1n) is 8.10. The van der Waals surface area contributed by atoms with E-state index in [-0.39, 0.29) is 16.4 Å². The predicted octanol–water partition coefficient (Wildman–Crippen LogP) is 2.35. The number of hydrogen-bond acceptors (Lipinski definition) is 4. The van der Waals surface area contributed by atoms with E-state index in [1.807, 2.05) is 25.2 Å². The van der Waals surface area contributed by atoms with Crippen LogP contribution in [0.3, 0.4) is 0 Å². The summed E-state index contributed by atoms with van der Waals surface area (Å²) < 4.78 is 23.4. The Hall–Kier alpha value is -1.74. The van der Waals surface area contributed by atoms with Crippen LogP contribution in [0.2, 0.25) is 0 Å². The lowest BCUT2D eigenvalue weighted by Crippen LogP contribution is -2.28. The van der Waals surface area contributed by atoms with Crippen LogP contribution in [0.15, 0.2) is 57.9 Å². The molecule has 0 aliphatic heterocycles.